The summed E-state index contributed by atoms with van der Waals surface area (Å²) in [4.78, 5) is 4.65. The minimum absolute atomic E-state index is 0.0396. The van der Waals surface area contributed by atoms with Crippen molar-refractivity contribution in [2.75, 3.05) is 6.61 Å². The Morgan fingerprint density at radius 3 is 2.48 bits per heavy atom. The van der Waals surface area contributed by atoms with Crippen molar-refractivity contribution in [1.82, 2.24) is 10.3 Å². The average molecular weight is 325 g/mol. The molecule has 1 aromatic heterocycles. The highest BCUT2D eigenvalue weighted by atomic mass is 35.5. The molecule has 2 rings (SSSR count). The molecule has 0 fully saturated rings. The first-order chi connectivity index (χ1) is 9.90. The zero-order chi connectivity index (χ0) is 15.5. The molecule has 114 valence electrons. The summed E-state index contributed by atoms with van der Waals surface area (Å²) in [6, 6.07) is 7.42. The van der Waals surface area contributed by atoms with Crippen LogP contribution in [0.5, 0.6) is 0 Å². The molecule has 5 heteroatoms. The summed E-state index contributed by atoms with van der Waals surface area (Å²) >= 11 is 7.57. The fourth-order valence-electron chi connectivity index (χ4n) is 1.94. The van der Waals surface area contributed by atoms with Crippen LogP contribution in [0.15, 0.2) is 29.6 Å². The number of rotatable bonds is 5. The minimum atomic E-state index is -0.109. The van der Waals surface area contributed by atoms with Gasteiger partial charge in [0.15, 0.2) is 0 Å². The third kappa shape index (κ3) is 4.51. The van der Waals surface area contributed by atoms with Gasteiger partial charge in [0, 0.05) is 22.4 Å². The van der Waals surface area contributed by atoms with E-state index in [1.54, 1.807) is 11.3 Å². The van der Waals surface area contributed by atoms with Crippen LogP contribution in [0.2, 0.25) is 5.02 Å². The van der Waals surface area contributed by atoms with E-state index in [0.29, 0.717) is 11.6 Å². The van der Waals surface area contributed by atoms with Crippen LogP contribution in [-0.4, -0.2) is 16.7 Å². The fourth-order valence-corrected chi connectivity index (χ4v) is 2.98. The van der Waals surface area contributed by atoms with Crippen molar-refractivity contribution in [2.24, 2.45) is 0 Å². The monoisotopic (exact) mass is 324 g/mol. The molecule has 0 bridgehead atoms. The Morgan fingerprint density at radius 1 is 1.29 bits per heavy atom. The zero-order valence-corrected chi connectivity index (χ0v) is 14.1. The van der Waals surface area contributed by atoms with Crippen LogP contribution in [0.3, 0.4) is 0 Å². The van der Waals surface area contributed by atoms with E-state index in [-0.39, 0.29) is 18.1 Å². The maximum Gasteiger partial charge on any atom is 0.0982 e. The highest BCUT2D eigenvalue weighted by Crippen LogP contribution is 2.25. The summed E-state index contributed by atoms with van der Waals surface area (Å²) in [5, 5.41) is 16.8. The lowest BCUT2D eigenvalue weighted by Crippen LogP contribution is -2.24. The van der Waals surface area contributed by atoms with Crippen molar-refractivity contribution in [3.63, 3.8) is 0 Å². The number of halogens is 1. The molecule has 0 aliphatic heterocycles. The summed E-state index contributed by atoms with van der Waals surface area (Å²) in [5.41, 5.74) is 2.11. The first kappa shape index (κ1) is 16.4. The number of aromatic nitrogens is 1. The van der Waals surface area contributed by atoms with E-state index in [4.69, 9.17) is 11.6 Å². The van der Waals surface area contributed by atoms with Gasteiger partial charge in [0.2, 0.25) is 0 Å². The summed E-state index contributed by atoms with van der Waals surface area (Å²) in [6.45, 7) is 7.16. The van der Waals surface area contributed by atoms with E-state index < -0.39 is 0 Å². The summed E-state index contributed by atoms with van der Waals surface area (Å²) in [6.07, 6.45) is 0. The smallest absolute Gasteiger partial charge is 0.0982 e. The molecule has 1 atom stereocenters. The molecule has 21 heavy (non-hydrogen) atoms. The van der Waals surface area contributed by atoms with Gasteiger partial charge >= 0.3 is 0 Å². The highest BCUT2D eigenvalue weighted by Gasteiger charge is 2.18. The quantitative estimate of drug-likeness (QED) is 0.876. The van der Waals surface area contributed by atoms with Gasteiger partial charge in [-0.25, -0.2) is 4.98 Å². The van der Waals surface area contributed by atoms with Crippen LogP contribution >= 0.6 is 22.9 Å². The number of thiazole rings is 1. The number of hydrogen-bond acceptors (Lipinski definition) is 4. The second-order valence-electron chi connectivity index (χ2n) is 6.06. The molecule has 1 aromatic carbocycles. The van der Waals surface area contributed by atoms with E-state index in [0.717, 1.165) is 16.3 Å². The van der Waals surface area contributed by atoms with Gasteiger partial charge in [-0.15, -0.1) is 11.3 Å². The second kappa shape index (κ2) is 6.88. The van der Waals surface area contributed by atoms with E-state index in [2.05, 4.69) is 36.5 Å². The number of aliphatic hydroxyl groups is 1. The van der Waals surface area contributed by atoms with Crippen molar-refractivity contribution < 1.29 is 5.11 Å². The van der Waals surface area contributed by atoms with E-state index in [1.165, 1.54) is 0 Å². The molecule has 0 radical (unpaired) electrons. The first-order valence-corrected chi connectivity index (χ1v) is 8.20. The van der Waals surface area contributed by atoms with Crippen LogP contribution in [-0.2, 0) is 12.0 Å². The van der Waals surface area contributed by atoms with E-state index in [1.807, 2.05) is 24.3 Å². The Hall–Kier alpha value is -0.940. The normalized spacial score (nSPS) is 13.4. The standard InChI is InChI=1S/C16H21ClN2OS/c1-16(2,3)15-19-13(10-21-15)8-18-14(9-20)11-4-6-12(17)7-5-11/h4-7,10,14,18,20H,8-9H2,1-3H3. The molecule has 0 saturated heterocycles. The van der Waals surface area contributed by atoms with Crippen LogP contribution in [0.4, 0.5) is 0 Å². The maximum atomic E-state index is 9.55. The molecule has 3 nitrogen and oxygen atoms in total. The summed E-state index contributed by atoms with van der Waals surface area (Å²) in [7, 11) is 0. The van der Waals surface area contributed by atoms with Gasteiger partial charge in [-0.1, -0.05) is 44.5 Å². The number of nitrogens with zero attached hydrogens (tertiary/aromatic N) is 1. The molecule has 2 aromatic rings. The first-order valence-electron chi connectivity index (χ1n) is 6.94. The molecule has 0 aliphatic rings. The zero-order valence-electron chi connectivity index (χ0n) is 12.6. The molecular formula is C16H21ClN2OS. The topological polar surface area (TPSA) is 45.2 Å². The molecule has 0 spiro atoms. The third-order valence-electron chi connectivity index (χ3n) is 3.18. The van der Waals surface area contributed by atoms with Crippen LogP contribution in [0.25, 0.3) is 0 Å². The Bertz CT molecular complexity index is 575. The number of aliphatic hydroxyl groups excluding tert-OH is 1. The van der Waals surface area contributed by atoms with Gasteiger partial charge in [-0.2, -0.15) is 0 Å². The van der Waals surface area contributed by atoms with Gasteiger partial charge in [-0.3, -0.25) is 0 Å². The van der Waals surface area contributed by atoms with Crippen molar-refractivity contribution in [2.45, 2.75) is 38.8 Å². The van der Waals surface area contributed by atoms with Crippen LogP contribution in [0, 0.1) is 0 Å². The predicted molar refractivity (Wildman–Crippen MR) is 88.9 cm³/mol. The summed E-state index contributed by atoms with van der Waals surface area (Å²) in [5.74, 6) is 0. The van der Waals surface area contributed by atoms with Crippen molar-refractivity contribution in [1.29, 1.82) is 0 Å². The Kier molecular flexibility index (Phi) is 5.38. The fraction of sp³-hybridized carbons (Fsp3) is 0.438. The van der Waals surface area contributed by atoms with Crippen molar-refractivity contribution in [3.05, 3.63) is 50.9 Å². The second-order valence-corrected chi connectivity index (χ2v) is 7.36. The number of benzene rings is 1. The number of hydrogen-bond donors (Lipinski definition) is 2. The van der Waals surface area contributed by atoms with Gasteiger partial charge < -0.3 is 10.4 Å². The summed E-state index contributed by atoms with van der Waals surface area (Å²) < 4.78 is 0. The van der Waals surface area contributed by atoms with Crippen LogP contribution < -0.4 is 5.32 Å². The molecule has 2 N–H and O–H groups in total. The molecule has 0 aliphatic carbocycles. The molecule has 1 heterocycles. The van der Waals surface area contributed by atoms with Crippen molar-refractivity contribution in [3.8, 4) is 0 Å². The third-order valence-corrected chi connectivity index (χ3v) is 4.75. The van der Waals surface area contributed by atoms with Crippen LogP contribution in [0.1, 0.15) is 43.1 Å². The Morgan fingerprint density at radius 2 is 1.95 bits per heavy atom. The molecule has 0 saturated carbocycles. The van der Waals surface area contributed by atoms with Gasteiger partial charge in [0.05, 0.1) is 23.4 Å². The predicted octanol–water partition coefficient (Wildman–Crippen LogP) is 3.92. The van der Waals surface area contributed by atoms with Crippen molar-refractivity contribution >= 4 is 22.9 Å². The molecule has 0 amide bonds. The lowest BCUT2D eigenvalue weighted by Gasteiger charge is -2.16. The van der Waals surface area contributed by atoms with Gasteiger partial charge in [0.25, 0.3) is 0 Å². The molecule has 1 unspecified atom stereocenters. The highest BCUT2D eigenvalue weighted by molar-refractivity contribution is 7.09. The largest absolute Gasteiger partial charge is 0.394 e. The Balaban J connectivity index is 2.00. The SMILES string of the molecule is CC(C)(C)c1nc(CNC(CO)c2ccc(Cl)cc2)cs1. The lowest BCUT2D eigenvalue weighted by atomic mass is 9.98. The lowest BCUT2D eigenvalue weighted by molar-refractivity contribution is 0.243. The average Bonchev–Trinajstić information content (AvgIpc) is 2.90. The minimum Gasteiger partial charge on any atom is -0.394 e. The van der Waals surface area contributed by atoms with Gasteiger partial charge in [0.1, 0.15) is 0 Å². The number of nitrogens with one attached hydrogen (secondary N) is 1. The maximum absolute atomic E-state index is 9.55. The van der Waals surface area contributed by atoms with E-state index >= 15 is 0 Å². The van der Waals surface area contributed by atoms with E-state index in [9.17, 15) is 5.11 Å². The molecular weight excluding hydrogens is 304 g/mol. The van der Waals surface area contributed by atoms with Gasteiger partial charge in [-0.05, 0) is 17.7 Å². The Labute approximate surface area is 135 Å².